The number of fused-ring (bicyclic) bond motifs is 21. The Morgan fingerprint density at radius 3 is 1.23 bits per heavy atom. The van der Waals surface area contributed by atoms with Crippen molar-refractivity contribution in [2.75, 3.05) is 4.90 Å². The van der Waals surface area contributed by atoms with E-state index in [1.165, 1.54) is 104 Å². The van der Waals surface area contributed by atoms with Gasteiger partial charge >= 0.3 is 0 Å². The molecule has 3 heterocycles. The van der Waals surface area contributed by atoms with Gasteiger partial charge in [0, 0.05) is 66.3 Å². The van der Waals surface area contributed by atoms with Crippen LogP contribution in [0.2, 0.25) is 0 Å². The van der Waals surface area contributed by atoms with Crippen molar-refractivity contribution in [3.63, 3.8) is 0 Å². The lowest BCUT2D eigenvalue weighted by Gasteiger charge is -2.32. The highest BCUT2D eigenvalue weighted by atomic mass is 15.2. The van der Waals surface area contributed by atoms with Gasteiger partial charge in [0.2, 0.25) is 0 Å². The fourth-order valence-corrected chi connectivity index (χ4v) is 14.8. The molecule has 16 aromatic rings. The third kappa shape index (κ3) is 5.97. The van der Waals surface area contributed by atoms with E-state index in [0.29, 0.717) is 0 Å². The molecule has 0 atom stereocenters. The van der Waals surface area contributed by atoms with Crippen molar-refractivity contribution in [2.45, 2.75) is 5.41 Å². The Balaban J connectivity index is 0.954. The molecule has 0 amide bonds. The van der Waals surface area contributed by atoms with E-state index in [0.717, 1.165) is 50.7 Å². The summed E-state index contributed by atoms with van der Waals surface area (Å²) in [5.74, 6) is 0. The number of hydrogen-bond acceptors (Lipinski definition) is 1. The van der Waals surface area contributed by atoms with Gasteiger partial charge in [-0.2, -0.15) is 0 Å². The summed E-state index contributed by atoms with van der Waals surface area (Å²) in [6.07, 6.45) is 0. The molecule has 2 aliphatic rings. The normalized spacial score (nSPS) is 13.0. The zero-order valence-electron chi connectivity index (χ0n) is 44.0. The Morgan fingerprint density at radius 2 is 0.667 bits per heavy atom. The van der Waals surface area contributed by atoms with Crippen LogP contribution in [0.5, 0.6) is 0 Å². The molecule has 0 unspecified atom stereocenters. The molecule has 4 nitrogen and oxygen atoms in total. The van der Waals surface area contributed by atoms with Crippen LogP contribution < -0.4 is 4.90 Å². The molecule has 4 heteroatoms. The van der Waals surface area contributed by atoms with Gasteiger partial charge in [0.15, 0.2) is 0 Å². The SMILES string of the molecule is c1ccc(-n2c3ccccc3c3ccc(N(c4ccc5c6ccccc6n(-c6ccc7c8ccccc8n(-c8ccccc8)c7c6)c5c4)c4cccc5c4-c4c(ccc6ccccc46)C54c5ccccc5-c5ccccc54)cc32)cc1. The lowest BCUT2D eigenvalue weighted by molar-refractivity contribution is 0.794. The first-order valence-corrected chi connectivity index (χ1v) is 28.1. The molecule has 0 saturated carbocycles. The van der Waals surface area contributed by atoms with Crippen molar-refractivity contribution in [2.24, 2.45) is 0 Å². The molecule has 2 aliphatic carbocycles. The second-order valence-corrected chi connectivity index (χ2v) is 21.9. The molecule has 3 aromatic heterocycles. The topological polar surface area (TPSA) is 18.0 Å². The van der Waals surface area contributed by atoms with E-state index in [4.69, 9.17) is 0 Å². The van der Waals surface area contributed by atoms with Gasteiger partial charge in [-0.1, -0.05) is 206 Å². The number of aromatic nitrogens is 3. The Kier molecular flexibility index (Phi) is 9.12. The molecule has 0 radical (unpaired) electrons. The van der Waals surface area contributed by atoms with Gasteiger partial charge in [0.25, 0.3) is 0 Å². The average Bonchev–Trinajstić information content (AvgIpc) is 4.30. The van der Waals surface area contributed by atoms with Gasteiger partial charge in [-0.15, -0.1) is 0 Å². The highest BCUT2D eigenvalue weighted by Crippen LogP contribution is 2.66. The summed E-state index contributed by atoms with van der Waals surface area (Å²) in [4.78, 5) is 2.57. The molecule has 0 fully saturated rings. The summed E-state index contributed by atoms with van der Waals surface area (Å²) in [5.41, 5.74) is 23.5. The van der Waals surface area contributed by atoms with Crippen molar-refractivity contribution in [3.8, 4) is 39.3 Å². The van der Waals surface area contributed by atoms with E-state index in [1.807, 2.05) is 0 Å². The van der Waals surface area contributed by atoms with Gasteiger partial charge in [-0.3, -0.25) is 0 Å². The average molecular weight is 1030 g/mol. The molecule has 0 bridgehead atoms. The molecule has 1 spiro atoms. The second-order valence-electron chi connectivity index (χ2n) is 21.9. The highest BCUT2D eigenvalue weighted by molar-refractivity contribution is 6.16. The third-order valence-electron chi connectivity index (χ3n) is 18.0. The van der Waals surface area contributed by atoms with Crippen molar-refractivity contribution < 1.29 is 0 Å². The van der Waals surface area contributed by atoms with Crippen molar-refractivity contribution >= 4 is 93.3 Å². The Morgan fingerprint density at radius 1 is 0.247 bits per heavy atom. The van der Waals surface area contributed by atoms with E-state index in [-0.39, 0.29) is 0 Å². The number of anilines is 3. The second kappa shape index (κ2) is 16.7. The smallest absolute Gasteiger partial charge is 0.0726 e. The Labute approximate surface area is 467 Å². The summed E-state index contributed by atoms with van der Waals surface area (Å²) in [7, 11) is 0. The minimum atomic E-state index is -0.551. The van der Waals surface area contributed by atoms with Crippen molar-refractivity contribution in [1.82, 2.24) is 13.7 Å². The molecule has 376 valence electrons. The molecule has 0 N–H and O–H groups in total. The lowest BCUT2D eigenvalue weighted by atomic mass is 9.70. The van der Waals surface area contributed by atoms with Crippen LogP contribution in [0, 0.1) is 0 Å². The number of nitrogens with zero attached hydrogens (tertiary/aromatic N) is 4. The van der Waals surface area contributed by atoms with Crippen LogP contribution in [0.4, 0.5) is 17.1 Å². The maximum absolute atomic E-state index is 2.57. The molecule has 13 aromatic carbocycles. The number of benzene rings is 13. The van der Waals surface area contributed by atoms with Crippen LogP contribution in [0.3, 0.4) is 0 Å². The fraction of sp³-hybridized carbons (Fsp3) is 0.0130. The number of para-hydroxylation sites is 5. The molecular formula is C77H48N4. The number of rotatable bonds is 6. The van der Waals surface area contributed by atoms with E-state index in [9.17, 15) is 0 Å². The summed E-state index contributed by atoms with van der Waals surface area (Å²) in [6.45, 7) is 0. The third-order valence-corrected chi connectivity index (χ3v) is 18.0. The predicted octanol–water partition coefficient (Wildman–Crippen LogP) is 19.9. The minimum Gasteiger partial charge on any atom is -0.310 e. The first-order valence-electron chi connectivity index (χ1n) is 28.1. The quantitative estimate of drug-likeness (QED) is 0.162. The van der Waals surface area contributed by atoms with Gasteiger partial charge in [-0.05, 0) is 135 Å². The predicted molar refractivity (Wildman–Crippen MR) is 338 cm³/mol. The van der Waals surface area contributed by atoms with Gasteiger partial charge < -0.3 is 18.6 Å². The summed E-state index contributed by atoms with van der Waals surface area (Å²) in [5, 5.41) is 9.79. The van der Waals surface area contributed by atoms with Crippen LogP contribution >= 0.6 is 0 Å². The maximum atomic E-state index is 2.57. The fourth-order valence-electron chi connectivity index (χ4n) is 14.8. The van der Waals surface area contributed by atoms with E-state index in [1.54, 1.807) is 0 Å². The van der Waals surface area contributed by atoms with E-state index in [2.05, 4.69) is 310 Å². The zero-order valence-corrected chi connectivity index (χ0v) is 44.0. The van der Waals surface area contributed by atoms with Crippen molar-refractivity contribution in [3.05, 3.63) is 313 Å². The van der Waals surface area contributed by atoms with Crippen LogP contribution in [0.1, 0.15) is 22.3 Å². The molecular weight excluding hydrogens is 981 g/mol. The Bertz CT molecular complexity index is 5260. The summed E-state index contributed by atoms with van der Waals surface area (Å²) >= 11 is 0. The van der Waals surface area contributed by atoms with Crippen LogP contribution in [-0.2, 0) is 5.41 Å². The molecule has 18 rings (SSSR count). The number of hydrogen-bond donors (Lipinski definition) is 0. The van der Waals surface area contributed by atoms with Crippen LogP contribution in [0.15, 0.2) is 291 Å². The molecule has 81 heavy (non-hydrogen) atoms. The Hall–Kier alpha value is -10.7. The first-order chi connectivity index (χ1) is 40.2. The van der Waals surface area contributed by atoms with E-state index >= 15 is 0 Å². The molecule has 0 aliphatic heterocycles. The monoisotopic (exact) mass is 1030 g/mol. The first kappa shape index (κ1) is 44.3. The zero-order chi connectivity index (χ0) is 52.9. The van der Waals surface area contributed by atoms with Crippen LogP contribution in [0.25, 0.3) is 116 Å². The van der Waals surface area contributed by atoms with Crippen LogP contribution in [-0.4, -0.2) is 13.7 Å². The highest BCUT2D eigenvalue weighted by Gasteiger charge is 2.53. The van der Waals surface area contributed by atoms with Gasteiger partial charge in [0.05, 0.1) is 44.2 Å². The largest absolute Gasteiger partial charge is 0.310 e. The lowest BCUT2D eigenvalue weighted by Crippen LogP contribution is -2.26. The summed E-state index contributed by atoms with van der Waals surface area (Å²) < 4.78 is 7.36. The minimum absolute atomic E-state index is 0.551. The standard InChI is InChI=1S/C77H48N4/c1-3-21-50(22-4-1)79-68-34-16-11-28-58(68)61-42-39-52(46-72(61)79)78(71-37-19-33-66-76(71)75-55-25-8-7-20-49(55)38-45-67(75)77(66)64-31-14-9-26-56(64)57-27-10-15-32-65(57)77)53-40-43-63-60-30-13-18-36-70(60)81(74(63)47-53)54-41-44-62-59-29-12-17-35-69(59)80(73(62)48-54)51-23-5-2-6-24-51/h1-48H. The van der Waals surface area contributed by atoms with Crippen molar-refractivity contribution in [1.29, 1.82) is 0 Å². The summed E-state index contributed by atoms with van der Waals surface area (Å²) in [6, 6.07) is 109. The van der Waals surface area contributed by atoms with E-state index < -0.39 is 5.41 Å². The molecule has 0 saturated heterocycles. The maximum Gasteiger partial charge on any atom is 0.0726 e. The van der Waals surface area contributed by atoms with Gasteiger partial charge in [-0.25, -0.2) is 0 Å². The van der Waals surface area contributed by atoms with Gasteiger partial charge in [0.1, 0.15) is 0 Å².